The maximum absolute atomic E-state index is 12.9. The lowest BCUT2D eigenvalue weighted by molar-refractivity contribution is -0.118. The monoisotopic (exact) mass is 475 g/mol. The minimum atomic E-state index is -0.525. The number of benzene rings is 1. The summed E-state index contributed by atoms with van der Waals surface area (Å²) < 4.78 is 13.8. The lowest BCUT2D eigenvalue weighted by atomic mass is 9.99. The van der Waals surface area contributed by atoms with Gasteiger partial charge in [0.25, 0.3) is 5.91 Å². The van der Waals surface area contributed by atoms with E-state index in [4.69, 9.17) is 9.47 Å². The number of rotatable bonds is 6. The third-order valence-corrected chi connectivity index (χ3v) is 5.56. The number of hydrogen-bond donors (Lipinski definition) is 3. The fourth-order valence-electron chi connectivity index (χ4n) is 4.03. The fourth-order valence-corrected chi connectivity index (χ4v) is 4.03. The second-order valence-electron chi connectivity index (χ2n) is 8.99. The van der Waals surface area contributed by atoms with Gasteiger partial charge in [0.15, 0.2) is 5.82 Å². The summed E-state index contributed by atoms with van der Waals surface area (Å²) in [7, 11) is 1.77. The molecule has 180 valence electrons. The van der Waals surface area contributed by atoms with Gasteiger partial charge in [0.05, 0.1) is 11.9 Å². The van der Waals surface area contributed by atoms with Gasteiger partial charge in [0, 0.05) is 55.3 Å². The van der Waals surface area contributed by atoms with Crippen LogP contribution in [0.3, 0.4) is 0 Å². The molecule has 11 nitrogen and oxygen atoms in total. The Hall–Kier alpha value is -4.41. The smallest absolute Gasteiger partial charge is 0.257 e. The number of hydrogen-bond acceptors (Lipinski definition) is 8. The van der Waals surface area contributed by atoms with Crippen molar-refractivity contribution in [2.75, 3.05) is 11.9 Å². The van der Waals surface area contributed by atoms with Crippen LogP contribution in [-0.2, 0) is 18.3 Å². The van der Waals surface area contributed by atoms with E-state index >= 15 is 0 Å². The van der Waals surface area contributed by atoms with Crippen LogP contribution in [0.5, 0.6) is 11.5 Å². The van der Waals surface area contributed by atoms with Gasteiger partial charge in [0.2, 0.25) is 5.91 Å². The molecular formula is C24H25N7O4. The van der Waals surface area contributed by atoms with Gasteiger partial charge in [-0.3, -0.25) is 24.2 Å². The van der Waals surface area contributed by atoms with Crippen LogP contribution in [0, 0.1) is 0 Å². The number of aryl methyl sites for hydroxylation is 1. The lowest BCUT2D eigenvalue weighted by Crippen LogP contribution is -2.43. The number of nitrogens with zero attached hydrogens (tertiary/aromatic N) is 4. The highest BCUT2D eigenvalue weighted by molar-refractivity contribution is 6.04. The van der Waals surface area contributed by atoms with Crippen LogP contribution in [-0.4, -0.2) is 43.8 Å². The molecule has 0 bridgehead atoms. The third-order valence-electron chi connectivity index (χ3n) is 5.56. The highest BCUT2D eigenvalue weighted by atomic mass is 16.5. The first-order valence-corrected chi connectivity index (χ1v) is 11.1. The molecule has 2 amide bonds. The third kappa shape index (κ3) is 4.93. The van der Waals surface area contributed by atoms with Gasteiger partial charge < -0.3 is 25.4 Å². The van der Waals surface area contributed by atoms with Crippen molar-refractivity contribution in [3.8, 4) is 11.5 Å². The molecule has 5 rings (SSSR count). The molecule has 0 spiro atoms. The van der Waals surface area contributed by atoms with E-state index in [0.717, 1.165) is 5.56 Å². The number of amides is 2. The van der Waals surface area contributed by atoms with Gasteiger partial charge >= 0.3 is 0 Å². The molecule has 11 heteroatoms. The second-order valence-corrected chi connectivity index (χ2v) is 8.99. The minimum absolute atomic E-state index is 0.0857. The zero-order chi connectivity index (χ0) is 24.6. The number of anilines is 1. The fraction of sp³-hybridized carbons (Fsp3) is 0.292. The Bertz CT molecular complexity index is 1320. The summed E-state index contributed by atoms with van der Waals surface area (Å²) in [5.41, 5.74) is 1.96. The Labute approximate surface area is 201 Å². The number of fused-ring (bicyclic) bond motifs is 1. The first kappa shape index (κ1) is 22.4. The van der Waals surface area contributed by atoms with E-state index in [9.17, 15) is 9.59 Å². The van der Waals surface area contributed by atoms with Crippen LogP contribution in [0.2, 0.25) is 0 Å². The molecule has 1 atom stereocenters. The standard InChI is InChI=1S/C24H25N7O4/c1-24(2)11-16-18(8-14(9-19(16)35-24)23(33)28-20-4-7-31(3)30-20)34-13-15-10-21(32)29-22(27-15)17-12-25-5-6-26-17/h4-10,12,22,27H,11,13H2,1-3H3,(H,29,32)(H,28,30,33). The molecule has 2 aromatic heterocycles. The van der Waals surface area contributed by atoms with Gasteiger partial charge in [-0.25, -0.2) is 0 Å². The van der Waals surface area contributed by atoms with Gasteiger partial charge in [-0.2, -0.15) is 5.10 Å². The SMILES string of the molecule is Cn1ccc(NC(=O)c2cc(OCC3=CC(=O)NC(c4cnccn4)N3)c3c(c2)OC(C)(C)C3)n1. The highest BCUT2D eigenvalue weighted by Gasteiger charge is 2.34. The summed E-state index contributed by atoms with van der Waals surface area (Å²) in [6, 6.07) is 5.11. The Morgan fingerprint density at radius 2 is 2.17 bits per heavy atom. The van der Waals surface area contributed by atoms with Crippen molar-refractivity contribution in [1.29, 1.82) is 0 Å². The molecule has 0 aliphatic carbocycles. The van der Waals surface area contributed by atoms with E-state index < -0.39 is 11.8 Å². The van der Waals surface area contributed by atoms with Crippen molar-refractivity contribution >= 4 is 17.6 Å². The van der Waals surface area contributed by atoms with E-state index in [1.165, 1.54) is 6.08 Å². The summed E-state index contributed by atoms with van der Waals surface area (Å²) in [6.45, 7) is 4.04. The van der Waals surface area contributed by atoms with Crippen LogP contribution >= 0.6 is 0 Å². The van der Waals surface area contributed by atoms with E-state index in [0.29, 0.717) is 40.7 Å². The first-order chi connectivity index (χ1) is 16.8. The van der Waals surface area contributed by atoms with E-state index in [-0.39, 0.29) is 18.4 Å². The Kier molecular flexibility index (Phi) is 5.59. The van der Waals surface area contributed by atoms with Crippen LogP contribution < -0.4 is 25.4 Å². The largest absolute Gasteiger partial charge is 0.487 e. The predicted octanol–water partition coefficient (Wildman–Crippen LogP) is 1.86. The number of carbonyl (C=O) groups excluding carboxylic acids is 2. The summed E-state index contributed by atoms with van der Waals surface area (Å²) in [6.07, 6.45) is 7.98. The molecule has 0 saturated heterocycles. The number of nitrogens with one attached hydrogen (secondary N) is 3. The molecule has 4 heterocycles. The summed E-state index contributed by atoms with van der Waals surface area (Å²) in [5.74, 6) is 0.959. The van der Waals surface area contributed by atoms with Gasteiger partial charge in [-0.05, 0) is 26.0 Å². The maximum atomic E-state index is 12.9. The molecule has 0 fully saturated rings. The number of ether oxygens (including phenoxy) is 2. The molecule has 0 radical (unpaired) electrons. The van der Waals surface area contributed by atoms with E-state index in [1.807, 2.05) is 13.8 Å². The van der Waals surface area contributed by atoms with Gasteiger partial charge in [0.1, 0.15) is 35.6 Å². The number of carbonyl (C=O) groups is 2. The second kappa shape index (κ2) is 8.75. The normalized spacial score (nSPS) is 18.0. The van der Waals surface area contributed by atoms with Gasteiger partial charge in [-0.1, -0.05) is 0 Å². The van der Waals surface area contributed by atoms with Crippen LogP contribution in [0.4, 0.5) is 5.82 Å². The van der Waals surface area contributed by atoms with Crippen molar-refractivity contribution in [2.24, 2.45) is 7.05 Å². The molecule has 3 N–H and O–H groups in total. The molecule has 0 saturated carbocycles. The molecule has 2 aliphatic heterocycles. The molecular weight excluding hydrogens is 450 g/mol. The molecule has 3 aromatic rings. The van der Waals surface area contributed by atoms with Gasteiger partial charge in [-0.15, -0.1) is 0 Å². The van der Waals surface area contributed by atoms with Crippen molar-refractivity contribution in [3.05, 3.63) is 71.6 Å². The molecule has 1 aromatic carbocycles. The van der Waals surface area contributed by atoms with E-state index in [2.05, 4.69) is 31.0 Å². The topological polar surface area (TPSA) is 132 Å². The summed E-state index contributed by atoms with van der Waals surface area (Å²) >= 11 is 0. The zero-order valence-electron chi connectivity index (χ0n) is 19.5. The Balaban J connectivity index is 1.37. The summed E-state index contributed by atoms with van der Waals surface area (Å²) in [5, 5.41) is 13.0. The first-order valence-electron chi connectivity index (χ1n) is 11.1. The predicted molar refractivity (Wildman–Crippen MR) is 126 cm³/mol. The van der Waals surface area contributed by atoms with Crippen molar-refractivity contribution in [1.82, 2.24) is 30.4 Å². The summed E-state index contributed by atoms with van der Waals surface area (Å²) in [4.78, 5) is 33.5. The molecule has 2 aliphatic rings. The Morgan fingerprint density at radius 1 is 1.31 bits per heavy atom. The van der Waals surface area contributed by atoms with Crippen LogP contribution in [0.15, 0.2) is 54.8 Å². The average Bonchev–Trinajstić information content (AvgIpc) is 3.37. The minimum Gasteiger partial charge on any atom is -0.487 e. The number of aromatic nitrogens is 4. The maximum Gasteiger partial charge on any atom is 0.257 e. The van der Waals surface area contributed by atoms with Crippen molar-refractivity contribution < 1.29 is 19.1 Å². The molecule has 35 heavy (non-hydrogen) atoms. The Morgan fingerprint density at radius 3 is 2.91 bits per heavy atom. The van der Waals surface area contributed by atoms with E-state index in [1.54, 1.807) is 54.7 Å². The van der Waals surface area contributed by atoms with Crippen molar-refractivity contribution in [2.45, 2.75) is 32.0 Å². The zero-order valence-corrected chi connectivity index (χ0v) is 19.5. The highest BCUT2D eigenvalue weighted by Crippen LogP contribution is 2.41. The van der Waals surface area contributed by atoms with Crippen LogP contribution in [0.1, 0.15) is 41.6 Å². The van der Waals surface area contributed by atoms with Crippen molar-refractivity contribution in [3.63, 3.8) is 0 Å². The quantitative estimate of drug-likeness (QED) is 0.492. The lowest BCUT2D eigenvalue weighted by Gasteiger charge is -2.26. The van der Waals surface area contributed by atoms with Crippen LogP contribution in [0.25, 0.3) is 0 Å². The average molecular weight is 476 g/mol. The molecule has 1 unspecified atom stereocenters.